The Hall–Kier alpha value is -2.60. The van der Waals surface area contributed by atoms with E-state index < -0.39 is 6.17 Å². The number of fused-ring (bicyclic) bond motifs is 3. The van der Waals surface area contributed by atoms with E-state index in [0.29, 0.717) is 28.4 Å². The van der Waals surface area contributed by atoms with Gasteiger partial charge in [-0.25, -0.2) is 4.39 Å². The van der Waals surface area contributed by atoms with Crippen LogP contribution in [-0.4, -0.2) is 5.91 Å². The number of carbonyl (C=O) groups excluding carboxylic acids is 1. The van der Waals surface area contributed by atoms with Crippen molar-refractivity contribution in [2.45, 2.75) is 52.6 Å². The van der Waals surface area contributed by atoms with E-state index in [2.05, 4.69) is 31.4 Å². The van der Waals surface area contributed by atoms with Crippen molar-refractivity contribution in [3.63, 3.8) is 0 Å². The minimum Gasteiger partial charge on any atom is -0.457 e. The van der Waals surface area contributed by atoms with Crippen LogP contribution in [-0.2, 0) is 12.8 Å². The van der Waals surface area contributed by atoms with Crippen molar-refractivity contribution in [1.82, 2.24) is 5.32 Å². The minimum absolute atomic E-state index is 0.0618. The van der Waals surface area contributed by atoms with Crippen LogP contribution in [0.1, 0.15) is 66.3 Å². The summed E-state index contributed by atoms with van der Waals surface area (Å²) in [6.07, 6.45) is 3.79. The number of furan rings is 1. The lowest BCUT2D eigenvalue weighted by molar-refractivity contribution is 0.0930. The molecule has 2 N–H and O–H groups in total. The van der Waals surface area contributed by atoms with E-state index in [4.69, 9.17) is 4.42 Å². The fraction of sp³-hybridized carbons (Fsp3) is 0.400. The highest BCUT2D eigenvalue weighted by atomic mass is 32.1. The summed E-state index contributed by atoms with van der Waals surface area (Å²) in [5, 5.41) is 7.39. The Balaban J connectivity index is 1.41. The van der Waals surface area contributed by atoms with Crippen molar-refractivity contribution in [2.75, 3.05) is 5.32 Å². The zero-order chi connectivity index (χ0) is 21.8. The molecular weight excluding hydrogens is 411 g/mol. The van der Waals surface area contributed by atoms with Gasteiger partial charge in [-0.15, -0.1) is 11.3 Å². The Morgan fingerprint density at radius 2 is 2.00 bits per heavy atom. The highest BCUT2D eigenvalue weighted by Gasteiger charge is 2.37. The highest BCUT2D eigenvalue weighted by Crippen LogP contribution is 2.47. The summed E-state index contributed by atoms with van der Waals surface area (Å²) in [6, 6.07) is 10.1. The van der Waals surface area contributed by atoms with Gasteiger partial charge in [0, 0.05) is 4.88 Å². The van der Waals surface area contributed by atoms with Crippen molar-refractivity contribution in [1.29, 1.82) is 0 Å². The first-order chi connectivity index (χ1) is 14.9. The SMILES string of the molecule is CCC(C)(C)[C@H]1CCc2c(sc3c2C(=O)N[C@@H](c2ccc(-c4ccccc4F)o2)N3)C1. The number of anilines is 1. The molecule has 2 aromatic heterocycles. The molecule has 0 fully saturated rings. The Morgan fingerprint density at radius 3 is 2.77 bits per heavy atom. The largest absolute Gasteiger partial charge is 0.457 e. The predicted octanol–water partition coefficient (Wildman–Crippen LogP) is 6.54. The standard InChI is InChI=1S/C25H27FN2O2S/c1-4-25(2,3)14-9-10-16-20(13-14)31-24-21(16)23(29)27-22(28-24)19-12-11-18(30-19)15-7-5-6-8-17(15)26/h5-8,11-12,14,22,28H,4,9-10,13H2,1-3H3,(H,27,29)/t14-,22+/m0/s1. The van der Waals surface area contributed by atoms with Gasteiger partial charge in [-0.05, 0) is 60.4 Å². The second kappa shape index (κ2) is 7.52. The lowest BCUT2D eigenvalue weighted by Crippen LogP contribution is -2.38. The molecule has 3 heterocycles. The molecule has 4 nitrogen and oxygen atoms in total. The first kappa shape index (κ1) is 20.3. The number of benzene rings is 1. The third-order valence-corrected chi connectivity index (χ3v) is 8.30. The molecule has 162 valence electrons. The van der Waals surface area contributed by atoms with Gasteiger partial charge < -0.3 is 15.1 Å². The molecule has 0 bridgehead atoms. The maximum absolute atomic E-state index is 14.1. The fourth-order valence-corrected chi connectivity index (χ4v) is 6.06. The number of thiophene rings is 1. The summed E-state index contributed by atoms with van der Waals surface area (Å²) in [4.78, 5) is 14.4. The molecular formula is C25H27FN2O2S. The lowest BCUT2D eigenvalue weighted by atomic mass is 9.69. The van der Waals surface area contributed by atoms with Crippen molar-refractivity contribution in [3.8, 4) is 11.3 Å². The number of amides is 1. The average molecular weight is 439 g/mol. The van der Waals surface area contributed by atoms with Crippen molar-refractivity contribution < 1.29 is 13.6 Å². The van der Waals surface area contributed by atoms with Crippen LogP contribution in [0.3, 0.4) is 0 Å². The van der Waals surface area contributed by atoms with Gasteiger partial charge in [0.1, 0.15) is 22.3 Å². The van der Waals surface area contributed by atoms with Gasteiger partial charge in [-0.3, -0.25) is 4.79 Å². The Bertz CT molecular complexity index is 1150. The summed E-state index contributed by atoms with van der Waals surface area (Å²) in [5.41, 5.74) is 2.72. The van der Waals surface area contributed by atoms with Crippen LogP contribution in [0.5, 0.6) is 0 Å². The van der Waals surface area contributed by atoms with Gasteiger partial charge >= 0.3 is 0 Å². The summed E-state index contributed by atoms with van der Waals surface area (Å²) in [7, 11) is 0. The van der Waals surface area contributed by atoms with E-state index in [-0.39, 0.29) is 11.7 Å². The molecule has 0 spiro atoms. The van der Waals surface area contributed by atoms with Crippen LogP contribution in [0.4, 0.5) is 9.39 Å². The maximum Gasteiger partial charge on any atom is 0.256 e. The first-order valence-corrected chi connectivity index (χ1v) is 11.8. The third kappa shape index (κ3) is 3.47. The van der Waals surface area contributed by atoms with Crippen LogP contribution in [0.15, 0.2) is 40.8 Å². The number of nitrogens with one attached hydrogen (secondary N) is 2. The maximum atomic E-state index is 14.1. The van der Waals surface area contributed by atoms with Crippen molar-refractivity contribution >= 4 is 22.2 Å². The number of hydrogen-bond acceptors (Lipinski definition) is 4. The van der Waals surface area contributed by atoms with Crippen molar-refractivity contribution in [3.05, 3.63) is 64.0 Å². The predicted molar refractivity (Wildman–Crippen MR) is 122 cm³/mol. The number of hydrogen-bond donors (Lipinski definition) is 2. The second-order valence-electron chi connectivity index (χ2n) is 9.22. The molecule has 2 aliphatic rings. The quantitative estimate of drug-likeness (QED) is 0.486. The normalized spacial score (nSPS) is 20.6. The molecule has 2 atom stereocenters. The van der Waals surface area contributed by atoms with E-state index in [9.17, 15) is 9.18 Å². The molecule has 3 aromatic rings. The van der Waals surface area contributed by atoms with Crippen molar-refractivity contribution in [2.24, 2.45) is 11.3 Å². The molecule has 1 aliphatic carbocycles. The smallest absolute Gasteiger partial charge is 0.256 e. The molecule has 0 radical (unpaired) electrons. The van der Waals surface area contributed by atoms with E-state index in [1.807, 2.05) is 0 Å². The Labute approximate surface area is 185 Å². The number of carbonyl (C=O) groups is 1. The Kier molecular flexibility index (Phi) is 4.93. The summed E-state index contributed by atoms with van der Waals surface area (Å²) in [6.45, 7) is 6.95. The molecule has 1 aliphatic heterocycles. The first-order valence-electron chi connectivity index (χ1n) is 10.9. The van der Waals surface area contributed by atoms with Gasteiger partial charge in [0.2, 0.25) is 0 Å². The molecule has 0 saturated carbocycles. The molecule has 1 amide bonds. The summed E-state index contributed by atoms with van der Waals surface area (Å²) in [5.74, 6) is 1.26. The number of rotatable bonds is 4. The van der Waals surface area contributed by atoms with Gasteiger partial charge in [-0.1, -0.05) is 39.3 Å². The van der Waals surface area contributed by atoms with Gasteiger partial charge in [0.15, 0.2) is 6.17 Å². The summed E-state index contributed by atoms with van der Waals surface area (Å²) >= 11 is 1.70. The van der Waals surface area contributed by atoms with E-state index in [0.717, 1.165) is 36.2 Å². The third-order valence-electron chi connectivity index (χ3n) is 7.11. The zero-order valence-electron chi connectivity index (χ0n) is 18.0. The lowest BCUT2D eigenvalue weighted by Gasteiger charge is -2.36. The molecule has 6 heteroatoms. The van der Waals surface area contributed by atoms with Gasteiger partial charge in [-0.2, -0.15) is 0 Å². The van der Waals surface area contributed by atoms with E-state index in [1.54, 1.807) is 41.7 Å². The molecule has 31 heavy (non-hydrogen) atoms. The highest BCUT2D eigenvalue weighted by molar-refractivity contribution is 7.16. The molecule has 0 saturated heterocycles. The molecule has 1 aromatic carbocycles. The minimum atomic E-state index is -0.469. The number of halogens is 1. The van der Waals surface area contributed by atoms with E-state index >= 15 is 0 Å². The van der Waals surface area contributed by atoms with Crippen LogP contribution in [0.2, 0.25) is 0 Å². The zero-order valence-corrected chi connectivity index (χ0v) is 18.9. The van der Waals surface area contributed by atoms with Crippen LogP contribution in [0.25, 0.3) is 11.3 Å². The van der Waals surface area contributed by atoms with Gasteiger partial charge in [0.05, 0.1) is 11.1 Å². The summed E-state index contributed by atoms with van der Waals surface area (Å²) < 4.78 is 20.0. The van der Waals surface area contributed by atoms with Gasteiger partial charge in [0.25, 0.3) is 5.91 Å². The fourth-order valence-electron chi connectivity index (χ4n) is 4.71. The average Bonchev–Trinajstić information content (AvgIpc) is 3.38. The monoisotopic (exact) mass is 438 g/mol. The van der Waals surface area contributed by atoms with Crippen LogP contribution < -0.4 is 10.6 Å². The Morgan fingerprint density at radius 1 is 1.19 bits per heavy atom. The topological polar surface area (TPSA) is 54.3 Å². The van der Waals surface area contributed by atoms with Crippen LogP contribution >= 0.6 is 11.3 Å². The van der Waals surface area contributed by atoms with Crippen LogP contribution in [0, 0.1) is 17.2 Å². The second-order valence-corrected chi connectivity index (χ2v) is 10.3. The molecule has 0 unspecified atom stereocenters. The molecule has 5 rings (SSSR count). The van der Waals surface area contributed by atoms with E-state index in [1.165, 1.54) is 16.5 Å².